The topological polar surface area (TPSA) is 67.1 Å². The molecule has 0 unspecified atom stereocenters. The Morgan fingerprint density at radius 3 is 2.54 bits per heavy atom. The van der Waals surface area contributed by atoms with Crippen LogP contribution >= 0.6 is 11.3 Å². The first-order chi connectivity index (χ1) is 12.6. The third-order valence-electron chi connectivity index (χ3n) is 4.32. The number of hydrogen-bond donors (Lipinski definition) is 2. The Hall–Kier alpha value is -2.67. The molecule has 3 aromatic rings. The number of aromatic nitrogens is 3. The number of nitrogens with one attached hydrogen (secondary N) is 2. The van der Waals surface area contributed by atoms with Gasteiger partial charge in [-0.05, 0) is 13.8 Å². The zero-order chi connectivity index (χ0) is 18.5. The number of aliphatic imine (C=N–C) groups is 1. The number of benzene rings is 1. The van der Waals surface area contributed by atoms with Gasteiger partial charge in [0.1, 0.15) is 5.01 Å². The Morgan fingerprint density at radius 2 is 1.88 bits per heavy atom. The molecule has 7 heteroatoms. The summed E-state index contributed by atoms with van der Waals surface area (Å²) in [6, 6.07) is 10.2. The van der Waals surface area contributed by atoms with Crippen LogP contribution in [0.5, 0.6) is 0 Å². The standard InChI is InChI=1S/C19H24N6S/c1-13-17(14(2)25(4)24-13)11-22-19(20-3)21-10-16-12-26-18(23-16)15-8-6-5-7-9-15/h5-9,12H,10-11H2,1-4H3,(H2,20,21,22). The van der Waals surface area contributed by atoms with Crippen LogP contribution in [-0.4, -0.2) is 27.8 Å². The van der Waals surface area contributed by atoms with Gasteiger partial charge < -0.3 is 10.6 Å². The SMILES string of the molecule is CN=C(NCc1csc(-c2ccccc2)n1)NCc1c(C)nn(C)c1C. The summed E-state index contributed by atoms with van der Waals surface area (Å²) < 4.78 is 1.91. The highest BCUT2D eigenvalue weighted by molar-refractivity contribution is 7.13. The minimum Gasteiger partial charge on any atom is -0.352 e. The number of hydrogen-bond acceptors (Lipinski definition) is 4. The summed E-state index contributed by atoms with van der Waals surface area (Å²) in [5.41, 5.74) is 5.56. The number of rotatable bonds is 5. The van der Waals surface area contributed by atoms with Crippen molar-refractivity contribution in [3.8, 4) is 10.6 Å². The number of aryl methyl sites for hydroxylation is 2. The smallest absolute Gasteiger partial charge is 0.191 e. The third-order valence-corrected chi connectivity index (χ3v) is 5.26. The molecule has 2 aromatic heterocycles. The van der Waals surface area contributed by atoms with Crippen LogP contribution in [0.4, 0.5) is 0 Å². The van der Waals surface area contributed by atoms with Crippen LogP contribution in [0.1, 0.15) is 22.6 Å². The zero-order valence-electron chi connectivity index (χ0n) is 15.6. The van der Waals surface area contributed by atoms with Gasteiger partial charge in [-0.15, -0.1) is 11.3 Å². The van der Waals surface area contributed by atoms with Crippen molar-refractivity contribution < 1.29 is 0 Å². The van der Waals surface area contributed by atoms with Gasteiger partial charge in [0.2, 0.25) is 0 Å². The van der Waals surface area contributed by atoms with Crippen LogP contribution in [0.15, 0.2) is 40.7 Å². The molecule has 3 rings (SSSR count). The molecular weight excluding hydrogens is 344 g/mol. The van der Waals surface area contributed by atoms with E-state index in [2.05, 4.69) is 45.2 Å². The summed E-state index contributed by atoms with van der Waals surface area (Å²) >= 11 is 1.66. The molecule has 136 valence electrons. The monoisotopic (exact) mass is 368 g/mol. The van der Waals surface area contributed by atoms with Crippen molar-refractivity contribution in [2.45, 2.75) is 26.9 Å². The van der Waals surface area contributed by atoms with E-state index in [0.29, 0.717) is 13.1 Å². The molecule has 0 fully saturated rings. The van der Waals surface area contributed by atoms with Crippen molar-refractivity contribution in [2.24, 2.45) is 12.0 Å². The van der Waals surface area contributed by atoms with Gasteiger partial charge in [-0.1, -0.05) is 30.3 Å². The average molecular weight is 369 g/mol. The minimum absolute atomic E-state index is 0.633. The Kier molecular flexibility index (Phi) is 5.68. The van der Waals surface area contributed by atoms with E-state index >= 15 is 0 Å². The number of guanidine groups is 1. The van der Waals surface area contributed by atoms with Gasteiger partial charge in [0.15, 0.2) is 5.96 Å². The Morgan fingerprint density at radius 1 is 1.15 bits per heavy atom. The van der Waals surface area contributed by atoms with Crippen molar-refractivity contribution in [2.75, 3.05) is 7.05 Å². The van der Waals surface area contributed by atoms with Crippen LogP contribution in [0, 0.1) is 13.8 Å². The second kappa shape index (κ2) is 8.14. The lowest BCUT2D eigenvalue weighted by atomic mass is 10.2. The maximum absolute atomic E-state index is 4.70. The fourth-order valence-corrected chi connectivity index (χ4v) is 3.57. The molecule has 26 heavy (non-hydrogen) atoms. The molecule has 0 aliphatic heterocycles. The van der Waals surface area contributed by atoms with Gasteiger partial charge in [-0.3, -0.25) is 9.67 Å². The first kappa shape index (κ1) is 18.1. The molecular formula is C19H24N6S. The fourth-order valence-electron chi connectivity index (χ4n) is 2.74. The van der Waals surface area contributed by atoms with Crippen LogP contribution in [0.2, 0.25) is 0 Å². The maximum atomic E-state index is 4.70. The highest BCUT2D eigenvalue weighted by Gasteiger charge is 2.10. The number of thiazole rings is 1. The first-order valence-electron chi connectivity index (χ1n) is 8.52. The molecule has 2 heterocycles. The maximum Gasteiger partial charge on any atom is 0.191 e. The summed E-state index contributed by atoms with van der Waals surface area (Å²) in [5, 5.41) is 14.2. The normalized spacial score (nSPS) is 11.6. The average Bonchev–Trinajstić information content (AvgIpc) is 3.22. The van der Waals surface area contributed by atoms with E-state index in [4.69, 9.17) is 4.98 Å². The van der Waals surface area contributed by atoms with Gasteiger partial charge >= 0.3 is 0 Å². The van der Waals surface area contributed by atoms with Crippen LogP contribution in [-0.2, 0) is 20.1 Å². The molecule has 0 spiro atoms. The van der Waals surface area contributed by atoms with Gasteiger partial charge in [0, 0.05) is 42.8 Å². The molecule has 0 aliphatic rings. The van der Waals surface area contributed by atoms with Crippen molar-refractivity contribution in [3.05, 3.63) is 58.4 Å². The summed E-state index contributed by atoms with van der Waals surface area (Å²) in [6.45, 7) is 5.43. The van der Waals surface area contributed by atoms with E-state index in [1.54, 1.807) is 18.4 Å². The van der Waals surface area contributed by atoms with Crippen molar-refractivity contribution in [3.63, 3.8) is 0 Å². The van der Waals surface area contributed by atoms with Crippen LogP contribution in [0.3, 0.4) is 0 Å². The Bertz CT molecular complexity index is 894. The summed E-state index contributed by atoms with van der Waals surface area (Å²) in [7, 11) is 3.74. The Labute approximate surface area is 158 Å². The molecule has 1 aromatic carbocycles. The minimum atomic E-state index is 0.633. The first-order valence-corrected chi connectivity index (χ1v) is 9.40. The predicted octanol–water partition coefficient (Wildman–Crippen LogP) is 3.03. The van der Waals surface area contributed by atoms with Crippen molar-refractivity contribution in [1.29, 1.82) is 0 Å². The van der Waals surface area contributed by atoms with E-state index in [1.807, 2.05) is 36.9 Å². The molecule has 0 saturated heterocycles. The molecule has 0 bridgehead atoms. The van der Waals surface area contributed by atoms with E-state index in [1.165, 1.54) is 5.56 Å². The second-order valence-electron chi connectivity index (χ2n) is 6.06. The molecule has 0 saturated carbocycles. The summed E-state index contributed by atoms with van der Waals surface area (Å²) in [6.07, 6.45) is 0. The molecule has 2 N–H and O–H groups in total. The molecule has 6 nitrogen and oxygen atoms in total. The second-order valence-corrected chi connectivity index (χ2v) is 6.92. The zero-order valence-corrected chi connectivity index (χ0v) is 16.4. The lowest BCUT2D eigenvalue weighted by molar-refractivity contribution is 0.728. The molecule has 0 aliphatic carbocycles. The summed E-state index contributed by atoms with van der Waals surface area (Å²) in [5.74, 6) is 0.752. The van der Waals surface area contributed by atoms with Crippen molar-refractivity contribution >= 4 is 17.3 Å². The fraction of sp³-hybridized carbons (Fsp3) is 0.316. The van der Waals surface area contributed by atoms with Crippen LogP contribution in [0.25, 0.3) is 10.6 Å². The van der Waals surface area contributed by atoms with Crippen molar-refractivity contribution in [1.82, 2.24) is 25.4 Å². The van der Waals surface area contributed by atoms with Gasteiger partial charge in [0.05, 0.1) is 17.9 Å². The lowest BCUT2D eigenvalue weighted by Crippen LogP contribution is -2.36. The molecule has 0 radical (unpaired) electrons. The predicted molar refractivity (Wildman–Crippen MR) is 107 cm³/mol. The van der Waals surface area contributed by atoms with Gasteiger partial charge in [0.25, 0.3) is 0 Å². The highest BCUT2D eigenvalue weighted by atomic mass is 32.1. The van der Waals surface area contributed by atoms with Gasteiger partial charge in [-0.25, -0.2) is 4.98 Å². The Balaban J connectivity index is 1.57. The van der Waals surface area contributed by atoms with Gasteiger partial charge in [-0.2, -0.15) is 5.10 Å². The van der Waals surface area contributed by atoms with E-state index < -0.39 is 0 Å². The quantitative estimate of drug-likeness (QED) is 0.537. The lowest BCUT2D eigenvalue weighted by Gasteiger charge is -2.11. The molecule has 0 amide bonds. The molecule has 0 atom stereocenters. The highest BCUT2D eigenvalue weighted by Crippen LogP contribution is 2.23. The van der Waals surface area contributed by atoms with E-state index in [-0.39, 0.29) is 0 Å². The number of nitrogens with zero attached hydrogens (tertiary/aromatic N) is 4. The third kappa shape index (κ3) is 4.11. The largest absolute Gasteiger partial charge is 0.352 e. The van der Waals surface area contributed by atoms with E-state index in [0.717, 1.165) is 33.6 Å². The van der Waals surface area contributed by atoms with Crippen LogP contribution < -0.4 is 10.6 Å². The summed E-state index contributed by atoms with van der Waals surface area (Å²) in [4.78, 5) is 8.99. The van der Waals surface area contributed by atoms with E-state index in [9.17, 15) is 0 Å².